The minimum atomic E-state index is -4.51. The van der Waals surface area contributed by atoms with Crippen LogP contribution in [0.25, 0.3) is 33.8 Å². The second-order valence-corrected chi connectivity index (χ2v) is 7.23. The lowest BCUT2D eigenvalue weighted by Crippen LogP contribution is -2.08. The van der Waals surface area contributed by atoms with Gasteiger partial charge in [0.05, 0.1) is 21.7 Å². The maximum atomic E-state index is 12.8. The molecule has 0 bridgehead atoms. The Balaban J connectivity index is 1.73. The van der Waals surface area contributed by atoms with E-state index >= 15 is 0 Å². The summed E-state index contributed by atoms with van der Waals surface area (Å²) in [5.41, 5.74) is 2.01. The van der Waals surface area contributed by atoms with Crippen LogP contribution < -0.4 is 0 Å². The van der Waals surface area contributed by atoms with E-state index in [9.17, 15) is 13.2 Å². The molecule has 0 fully saturated rings. The Morgan fingerprint density at radius 1 is 0.889 bits per heavy atom. The number of benzene rings is 2. The molecule has 2 aromatic heterocycles. The highest BCUT2D eigenvalue weighted by Gasteiger charge is 2.32. The fourth-order valence-electron chi connectivity index (χ4n) is 2.64. The SMILES string of the molecule is FC(F)(F)c1ccnc(-c2ccc(-c3nc4c(Br)cccc4n3Br)cc2)n1. The number of hydrogen-bond donors (Lipinski definition) is 0. The van der Waals surface area contributed by atoms with Gasteiger partial charge in [-0.2, -0.15) is 13.2 Å². The van der Waals surface area contributed by atoms with Crippen LogP contribution in [0.1, 0.15) is 5.69 Å². The molecule has 0 N–H and O–H groups in total. The molecule has 4 aromatic rings. The van der Waals surface area contributed by atoms with Crippen molar-refractivity contribution in [2.75, 3.05) is 0 Å². The van der Waals surface area contributed by atoms with Crippen LogP contribution in [0.4, 0.5) is 13.2 Å². The van der Waals surface area contributed by atoms with Crippen molar-refractivity contribution >= 4 is 43.1 Å². The van der Waals surface area contributed by atoms with E-state index < -0.39 is 11.9 Å². The van der Waals surface area contributed by atoms with Crippen LogP contribution in [0, 0.1) is 0 Å². The van der Waals surface area contributed by atoms with E-state index in [1.807, 2.05) is 18.2 Å². The zero-order valence-electron chi connectivity index (χ0n) is 13.4. The van der Waals surface area contributed by atoms with E-state index in [4.69, 9.17) is 0 Å². The smallest absolute Gasteiger partial charge is 0.258 e. The highest BCUT2D eigenvalue weighted by molar-refractivity contribution is 9.10. The van der Waals surface area contributed by atoms with Gasteiger partial charge in [-0.25, -0.2) is 15.0 Å². The summed E-state index contributed by atoms with van der Waals surface area (Å²) in [6.45, 7) is 0. The van der Waals surface area contributed by atoms with E-state index in [0.29, 0.717) is 11.4 Å². The molecule has 0 aliphatic heterocycles. The molecule has 0 spiro atoms. The van der Waals surface area contributed by atoms with Crippen molar-refractivity contribution in [3.63, 3.8) is 0 Å². The first kappa shape index (κ1) is 18.1. The van der Waals surface area contributed by atoms with Crippen molar-refractivity contribution in [3.05, 3.63) is 64.9 Å². The summed E-state index contributed by atoms with van der Waals surface area (Å²) in [6.07, 6.45) is -3.40. The highest BCUT2D eigenvalue weighted by Crippen LogP contribution is 2.32. The average Bonchev–Trinajstić information content (AvgIpc) is 3.00. The molecule has 27 heavy (non-hydrogen) atoms. The van der Waals surface area contributed by atoms with Gasteiger partial charge in [0.1, 0.15) is 11.2 Å². The Kier molecular flexibility index (Phi) is 4.51. The first-order valence-corrected chi connectivity index (χ1v) is 9.19. The van der Waals surface area contributed by atoms with Gasteiger partial charge in [0.25, 0.3) is 0 Å². The molecule has 9 heteroatoms. The Hall–Kier alpha value is -2.26. The lowest BCUT2D eigenvalue weighted by Gasteiger charge is -2.07. The average molecular weight is 498 g/mol. The second-order valence-electron chi connectivity index (χ2n) is 5.66. The summed E-state index contributed by atoms with van der Waals surface area (Å²) in [4.78, 5) is 12.2. The Morgan fingerprint density at radius 2 is 1.59 bits per heavy atom. The zero-order chi connectivity index (χ0) is 19.2. The number of nitrogens with zero attached hydrogens (tertiary/aromatic N) is 4. The van der Waals surface area contributed by atoms with E-state index in [0.717, 1.165) is 33.3 Å². The third-order valence-corrected chi connectivity index (χ3v) is 5.29. The summed E-state index contributed by atoms with van der Waals surface area (Å²) in [5, 5.41) is 0. The normalized spacial score (nSPS) is 11.9. The molecular weight excluding hydrogens is 489 g/mol. The number of imidazole rings is 1. The minimum absolute atomic E-state index is 0.0199. The van der Waals surface area contributed by atoms with Gasteiger partial charge in [0, 0.05) is 21.8 Å². The van der Waals surface area contributed by atoms with Crippen molar-refractivity contribution in [1.82, 2.24) is 18.5 Å². The van der Waals surface area contributed by atoms with Gasteiger partial charge in [-0.3, -0.25) is 3.59 Å². The molecule has 136 valence electrons. The van der Waals surface area contributed by atoms with Gasteiger partial charge in [-0.1, -0.05) is 30.3 Å². The third-order valence-electron chi connectivity index (χ3n) is 3.93. The first-order chi connectivity index (χ1) is 12.8. The van der Waals surface area contributed by atoms with Crippen LogP contribution in [0.15, 0.2) is 59.2 Å². The van der Waals surface area contributed by atoms with Crippen molar-refractivity contribution < 1.29 is 13.2 Å². The second kappa shape index (κ2) is 6.72. The standard InChI is InChI=1S/C18H9Br2F3N4/c19-12-2-1-3-13-15(12)26-17(27(13)20)11-6-4-10(5-7-11)16-24-9-8-14(25-16)18(21,22)23/h1-9H. The third kappa shape index (κ3) is 3.37. The van der Waals surface area contributed by atoms with Crippen LogP contribution in [0.5, 0.6) is 0 Å². The van der Waals surface area contributed by atoms with Crippen molar-refractivity contribution in [2.24, 2.45) is 0 Å². The molecule has 2 heterocycles. The summed E-state index contributed by atoms with van der Waals surface area (Å²) in [5.74, 6) is 0.694. The summed E-state index contributed by atoms with van der Waals surface area (Å²) in [6, 6.07) is 13.5. The fourth-order valence-corrected chi connectivity index (χ4v) is 3.65. The van der Waals surface area contributed by atoms with Crippen molar-refractivity contribution in [1.29, 1.82) is 0 Å². The summed E-state index contributed by atoms with van der Waals surface area (Å²) in [7, 11) is 0. The van der Waals surface area contributed by atoms with Crippen LogP contribution in [0.2, 0.25) is 0 Å². The van der Waals surface area contributed by atoms with Gasteiger partial charge in [0.2, 0.25) is 0 Å². The van der Waals surface area contributed by atoms with E-state index in [1.54, 1.807) is 27.9 Å². The van der Waals surface area contributed by atoms with Gasteiger partial charge in [0.15, 0.2) is 11.6 Å². The molecule has 0 aliphatic rings. The minimum Gasteiger partial charge on any atom is -0.258 e. The highest BCUT2D eigenvalue weighted by atomic mass is 79.9. The van der Waals surface area contributed by atoms with Crippen LogP contribution in [0.3, 0.4) is 0 Å². The molecule has 0 saturated heterocycles. The van der Waals surface area contributed by atoms with E-state index in [-0.39, 0.29) is 5.82 Å². The quantitative estimate of drug-likeness (QED) is 0.336. The predicted molar refractivity (Wildman–Crippen MR) is 103 cm³/mol. The van der Waals surface area contributed by atoms with Gasteiger partial charge in [-0.15, -0.1) is 0 Å². The number of halogens is 5. The molecule has 0 unspecified atom stereocenters. The molecule has 0 amide bonds. The van der Waals surface area contributed by atoms with Gasteiger partial charge >= 0.3 is 6.18 Å². The van der Waals surface area contributed by atoms with Crippen LogP contribution in [-0.4, -0.2) is 18.5 Å². The molecular formula is C18H9Br2F3N4. The number of alkyl halides is 3. The molecule has 0 aliphatic carbocycles. The van der Waals surface area contributed by atoms with Gasteiger partial charge < -0.3 is 0 Å². The lowest BCUT2D eigenvalue weighted by atomic mass is 10.1. The number of para-hydroxylation sites is 1. The number of hydrogen-bond acceptors (Lipinski definition) is 3. The molecule has 0 radical (unpaired) electrons. The van der Waals surface area contributed by atoms with E-state index in [1.165, 1.54) is 0 Å². The monoisotopic (exact) mass is 496 g/mol. The topological polar surface area (TPSA) is 43.6 Å². The maximum Gasteiger partial charge on any atom is 0.433 e. The van der Waals surface area contributed by atoms with Crippen LogP contribution in [-0.2, 0) is 6.18 Å². The molecule has 2 aromatic carbocycles. The molecule has 4 rings (SSSR count). The zero-order valence-corrected chi connectivity index (χ0v) is 16.5. The Morgan fingerprint density at radius 3 is 2.26 bits per heavy atom. The number of rotatable bonds is 2. The first-order valence-electron chi connectivity index (χ1n) is 7.69. The maximum absolute atomic E-state index is 12.8. The summed E-state index contributed by atoms with van der Waals surface area (Å²) >= 11 is 6.98. The van der Waals surface area contributed by atoms with E-state index in [2.05, 4.69) is 47.0 Å². The Labute approximate surface area is 168 Å². The molecule has 0 saturated carbocycles. The largest absolute Gasteiger partial charge is 0.433 e. The van der Waals surface area contributed by atoms with Crippen molar-refractivity contribution in [3.8, 4) is 22.8 Å². The van der Waals surface area contributed by atoms with Crippen LogP contribution >= 0.6 is 32.1 Å². The fraction of sp³-hybridized carbons (Fsp3) is 0.0556. The Bertz CT molecular complexity index is 1140. The predicted octanol–water partition coefficient (Wildman–Crippen LogP) is 6.10. The lowest BCUT2D eigenvalue weighted by molar-refractivity contribution is -0.141. The summed E-state index contributed by atoms with van der Waals surface area (Å²) < 4.78 is 41.2. The molecule has 4 nitrogen and oxygen atoms in total. The molecule has 0 atom stereocenters. The number of fused-ring (bicyclic) bond motifs is 1. The van der Waals surface area contributed by atoms with Gasteiger partial charge in [-0.05, 0) is 34.1 Å². The number of aromatic nitrogens is 4. The van der Waals surface area contributed by atoms with Crippen molar-refractivity contribution in [2.45, 2.75) is 6.18 Å².